The van der Waals surface area contributed by atoms with Gasteiger partial charge in [0.2, 0.25) is 0 Å². The third-order valence-electron chi connectivity index (χ3n) is 4.61. The number of piperazine rings is 1. The lowest BCUT2D eigenvalue weighted by molar-refractivity contribution is -0.137. The molecule has 4 nitrogen and oxygen atoms in total. The van der Waals surface area contributed by atoms with Gasteiger partial charge in [-0.15, -0.1) is 0 Å². The second kappa shape index (κ2) is 8.43. The molecule has 1 saturated heterocycles. The molecule has 27 heavy (non-hydrogen) atoms. The van der Waals surface area contributed by atoms with E-state index in [-0.39, 0.29) is 12.6 Å². The maximum Gasteiger partial charge on any atom is 0.416 e. The van der Waals surface area contributed by atoms with Gasteiger partial charge in [0.1, 0.15) is 0 Å². The molecule has 0 bridgehead atoms. The van der Waals surface area contributed by atoms with Gasteiger partial charge in [-0.25, -0.2) is 4.79 Å². The molecule has 0 spiro atoms. The van der Waals surface area contributed by atoms with Crippen molar-refractivity contribution < 1.29 is 18.0 Å². The average molecular weight is 377 g/mol. The van der Waals surface area contributed by atoms with E-state index in [1.807, 2.05) is 18.2 Å². The quantitative estimate of drug-likeness (QED) is 0.881. The third-order valence-corrected chi connectivity index (χ3v) is 4.61. The molecule has 1 fully saturated rings. The average Bonchev–Trinajstić information content (AvgIpc) is 2.67. The topological polar surface area (TPSA) is 35.6 Å². The molecular formula is C20H22F3N3O. The standard InChI is InChI=1S/C20H22F3N3O/c21-20(22,23)18-8-4-7-17(13-18)14-24-19(27)26-11-9-25(10-12-26)15-16-5-2-1-3-6-16/h1-8,13H,9-12,14-15H2,(H,24,27). The lowest BCUT2D eigenvalue weighted by Crippen LogP contribution is -2.51. The molecule has 2 aromatic rings. The molecule has 0 radical (unpaired) electrons. The Labute approximate surface area is 156 Å². The summed E-state index contributed by atoms with van der Waals surface area (Å²) in [7, 11) is 0. The second-order valence-corrected chi connectivity index (χ2v) is 6.61. The van der Waals surface area contributed by atoms with Crippen LogP contribution in [0.1, 0.15) is 16.7 Å². The number of carbonyl (C=O) groups is 1. The minimum Gasteiger partial charge on any atom is -0.334 e. The van der Waals surface area contributed by atoms with Gasteiger partial charge in [-0.05, 0) is 23.3 Å². The van der Waals surface area contributed by atoms with Crippen molar-refractivity contribution >= 4 is 6.03 Å². The van der Waals surface area contributed by atoms with Gasteiger partial charge >= 0.3 is 12.2 Å². The third kappa shape index (κ3) is 5.47. The van der Waals surface area contributed by atoms with Crippen molar-refractivity contribution in [3.05, 3.63) is 71.3 Å². The SMILES string of the molecule is O=C(NCc1cccc(C(F)(F)F)c1)N1CCN(Cc2ccccc2)CC1. The molecule has 2 amide bonds. The summed E-state index contributed by atoms with van der Waals surface area (Å²) >= 11 is 0. The van der Waals surface area contributed by atoms with Crippen molar-refractivity contribution in [2.24, 2.45) is 0 Å². The van der Waals surface area contributed by atoms with Gasteiger partial charge < -0.3 is 10.2 Å². The number of hydrogen-bond acceptors (Lipinski definition) is 2. The largest absolute Gasteiger partial charge is 0.416 e. The number of urea groups is 1. The minimum atomic E-state index is -4.38. The van der Waals surface area contributed by atoms with Crippen LogP contribution in [0.15, 0.2) is 54.6 Å². The van der Waals surface area contributed by atoms with Crippen molar-refractivity contribution in [1.82, 2.24) is 15.1 Å². The summed E-state index contributed by atoms with van der Waals surface area (Å²) in [6.07, 6.45) is -4.38. The highest BCUT2D eigenvalue weighted by Crippen LogP contribution is 2.29. The first-order valence-electron chi connectivity index (χ1n) is 8.87. The van der Waals surface area contributed by atoms with Crippen molar-refractivity contribution in [2.75, 3.05) is 26.2 Å². The van der Waals surface area contributed by atoms with E-state index in [9.17, 15) is 18.0 Å². The Hall–Kier alpha value is -2.54. The molecule has 1 aliphatic heterocycles. The second-order valence-electron chi connectivity index (χ2n) is 6.61. The molecule has 3 rings (SSSR count). The number of nitrogens with one attached hydrogen (secondary N) is 1. The molecule has 1 aliphatic rings. The molecule has 1 N–H and O–H groups in total. The molecule has 0 atom stereocenters. The monoisotopic (exact) mass is 377 g/mol. The zero-order valence-corrected chi connectivity index (χ0v) is 14.9. The number of benzene rings is 2. The summed E-state index contributed by atoms with van der Waals surface area (Å²) in [6, 6.07) is 14.9. The summed E-state index contributed by atoms with van der Waals surface area (Å²) in [6.45, 7) is 3.66. The predicted molar refractivity (Wildman–Crippen MR) is 97.0 cm³/mol. The van der Waals surface area contributed by atoms with Crippen LogP contribution in [0, 0.1) is 0 Å². The zero-order chi connectivity index (χ0) is 19.3. The van der Waals surface area contributed by atoms with Gasteiger partial charge in [-0.3, -0.25) is 4.90 Å². The highest BCUT2D eigenvalue weighted by Gasteiger charge is 2.30. The number of rotatable bonds is 4. The lowest BCUT2D eigenvalue weighted by Gasteiger charge is -2.34. The number of halogens is 3. The van der Waals surface area contributed by atoms with Gasteiger partial charge in [0.15, 0.2) is 0 Å². The fourth-order valence-corrected chi connectivity index (χ4v) is 3.10. The summed E-state index contributed by atoms with van der Waals surface area (Å²) in [5.41, 5.74) is 0.963. The van der Waals surface area contributed by atoms with Crippen LogP contribution in [-0.2, 0) is 19.3 Å². The van der Waals surface area contributed by atoms with Crippen LogP contribution in [0.2, 0.25) is 0 Å². The predicted octanol–water partition coefficient (Wildman–Crippen LogP) is 3.73. The van der Waals surface area contributed by atoms with Crippen LogP contribution in [0.5, 0.6) is 0 Å². The lowest BCUT2D eigenvalue weighted by atomic mass is 10.1. The Balaban J connectivity index is 1.46. The van der Waals surface area contributed by atoms with E-state index < -0.39 is 11.7 Å². The Morgan fingerprint density at radius 2 is 1.59 bits per heavy atom. The Morgan fingerprint density at radius 1 is 0.926 bits per heavy atom. The molecule has 7 heteroatoms. The van der Waals surface area contributed by atoms with Crippen LogP contribution in [0.3, 0.4) is 0 Å². The molecule has 0 aromatic heterocycles. The summed E-state index contributed by atoms with van der Waals surface area (Å²) in [5.74, 6) is 0. The van der Waals surface area contributed by atoms with Crippen LogP contribution in [-0.4, -0.2) is 42.0 Å². The van der Waals surface area contributed by atoms with Gasteiger partial charge in [-0.2, -0.15) is 13.2 Å². The first-order chi connectivity index (χ1) is 12.9. The van der Waals surface area contributed by atoms with Gasteiger partial charge in [0.25, 0.3) is 0 Å². The van der Waals surface area contributed by atoms with Crippen LogP contribution in [0.4, 0.5) is 18.0 Å². The maximum absolute atomic E-state index is 12.8. The van der Waals surface area contributed by atoms with Gasteiger partial charge in [-0.1, -0.05) is 42.5 Å². The van der Waals surface area contributed by atoms with E-state index in [1.165, 1.54) is 11.6 Å². The first-order valence-corrected chi connectivity index (χ1v) is 8.87. The molecule has 144 valence electrons. The van der Waals surface area contributed by atoms with Crippen LogP contribution in [0.25, 0.3) is 0 Å². The van der Waals surface area contributed by atoms with E-state index >= 15 is 0 Å². The van der Waals surface area contributed by atoms with E-state index in [2.05, 4.69) is 22.3 Å². The van der Waals surface area contributed by atoms with E-state index in [0.717, 1.165) is 31.8 Å². The van der Waals surface area contributed by atoms with Gasteiger partial charge in [0.05, 0.1) is 5.56 Å². The van der Waals surface area contributed by atoms with E-state index in [0.29, 0.717) is 18.7 Å². The number of nitrogens with zero attached hydrogens (tertiary/aromatic N) is 2. The summed E-state index contributed by atoms with van der Waals surface area (Å²) in [5, 5.41) is 2.71. The van der Waals surface area contributed by atoms with E-state index in [1.54, 1.807) is 11.0 Å². The summed E-state index contributed by atoms with van der Waals surface area (Å²) in [4.78, 5) is 16.3. The van der Waals surface area contributed by atoms with Crippen LogP contribution < -0.4 is 5.32 Å². The molecule has 0 aliphatic carbocycles. The maximum atomic E-state index is 12.8. The molecule has 2 aromatic carbocycles. The van der Waals surface area contributed by atoms with Crippen molar-refractivity contribution in [3.63, 3.8) is 0 Å². The Bertz CT molecular complexity index is 757. The highest BCUT2D eigenvalue weighted by molar-refractivity contribution is 5.74. The van der Waals surface area contributed by atoms with E-state index in [4.69, 9.17) is 0 Å². The highest BCUT2D eigenvalue weighted by atomic mass is 19.4. The van der Waals surface area contributed by atoms with Crippen molar-refractivity contribution in [3.8, 4) is 0 Å². The zero-order valence-electron chi connectivity index (χ0n) is 14.9. The molecular weight excluding hydrogens is 355 g/mol. The first kappa shape index (κ1) is 19.2. The molecule has 0 saturated carbocycles. The van der Waals surface area contributed by atoms with Crippen LogP contribution >= 0.6 is 0 Å². The number of carbonyl (C=O) groups excluding carboxylic acids is 1. The fraction of sp³-hybridized carbons (Fsp3) is 0.350. The summed E-state index contributed by atoms with van der Waals surface area (Å²) < 4.78 is 38.3. The fourth-order valence-electron chi connectivity index (χ4n) is 3.10. The molecule has 0 unspecified atom stereocenters. The molecule has 1 heterocycles. The smallest absolute Gasteiger partial charge is 0.334 e. The Morgan fingerprint density at radius 3 is 2.26 bits per heavy atom. The normalized spacial score (nSPS) is 15.6. The number of alkyl halides is 3. The van der Waals surface area contributed by atoms with Crippen molar-refractivity contribution in [1.29, 1.82) is 0 Å². The minimum absolute atomic E-state index is 0.0764. The number of amides is 2. The van der Waals surface area contributed by atoms with Gasteiger partial charge in [0, 0.05) is 39.3 Å². The Kier molecular flexibility index (Phi) is 6.01. The van der Waals surface area contributed by atoms with Crippen molar-refractivity contribution in [2.45, 2.75) is 19.3 Å². The number of hydrogen-bond donors (Lipinski definition) is 1.